The van der Waals surface area contributed by atoms with Crippen LogP contribution in [0.5, 0.6) is 0 Å². The Morgan fingerprint density at radius 3 is 3.00 bits per heavy atom. The molecule has 1 aromatic heterocycles. The predicted octanol–water partition coefficient (Wildman–Crippen LogP) is 1.90. The lowest BCUT2D eigenvalue weighted by atomic mass is 10.2. The Balaban J connectivity index is 2.04. The molecule has 94 valence electrons. The number of ether oxygens (including phenoxy) is 1. The van der Waals surface area contributed by atoms with Crippen molar-refractivity contribution in [2.24, 2.45) is 0 Å². The van der Waals surface area contributed by atoms with Gasteiger partial charge in [-0.1, -0.05) is 0 Å². The fraction of sp³-hybridized carbons (Fsp3) is 0.583. The van der Waals surface area contributed by atoms with Crippen molar-refractivity contribution < 1.29 is 14.6 Å². The molecule has 1 aromatic rings. The molecular formula is C12H17NO3S. The second-order valence-electron chi connectivity index (χ2n) is 4.32. The van der Waals surface area contributed by atoms with E-state index >= 15 is 0 Å². The number of carbonyl (C=O) groups is 1. The van der Waals surface area contributed by atoms with Gasteiger partial charge in [0, 0.05) is 28.9 Å². The molecule has 4 nitrogen and oxygen atoms in total. The molecule has 0 bridgehead atoms. The van der Waals surface area contributed by atoms with Crippen LogP contribution < -0.4 is 0 Å². The van der Waals surface area contributed by atoms with Gasteiger partial charge in [-0.25, -0.2) is 4.79 Å². The summed E-state index contributed by atoms with van der Waals surface area (Å²) >= 11 is 1.77. The summed E-state index contributed by atoms with van der Waals surface area (Å²) in [5.74, 6) is -0.871. The summed E-state index contributed by atoms with van der Waals surface area (Å²) in [5, 5.41) is 8.96. The third-order valence-corrected chi connectivity index (χ3v) is 4.26. The monoisotopic (exact) mass is 255 g/mol. The molecule has 0 aromatic carbocycles. The molecule has 2 atom stereocenters. The van der Waals surface area contributed by atoms with Gasteiger partial charge in [0.2, 0.25) is 0 Å². The molecule has 0 aliphatic carbocycles. The SMILES string of the molecule is Cc1ccc(C(C)N2CCOC(C(=O)O)C2)s1. The Hall–Kier alpha value is -0.910. The lowest BCUT2D eigenvalue weighted by Gasteiger charge is -2.34. The number of carboxylic acids is 1. The van der Waals surface area contributed by atoms with Gasteiger partial charge in [0.1, 0.15) is 0 Å². The molecule has 0 spiro atoms. The summed E-state index contributed by atoms with van der Waals surface area (Å²) in [6.07, 6.45) is -0.688. The standard InChI is InChI=1S/C12H17NO3S/c1-8-3-4-11(17-8)9(2)13-5-6-16-10(7-13)12(14)15/h3-4,9-10H,5-7H2,1-2H3,(H,14,15). The molecule has 2 unspecified atom stereocenters. The summed E-state index contributed by atoms with van der Waals surface area (Å²) in [6, 6.07) is 4.49. The minimum absolute atomic E-state index is 0.263. The number of thiophene rings is 1. The summed E-state index contributed by atoms with van der Waals surface area (Å²) in [7, 11) is 0. The zero-order valence-corrected chi connectivity index (χ0v) is 10.9. The number of hydrogen-bond donors (Lipinski definition) is 1. The Labute approximate surface area is 105 Å². The maximum atomic E-state index is 10.9. The van der Waals surface area contributed by atoms with Gasteiger partial charge in [-0.15, -0.1) is 11.3 Å². The Kier molecular flexibility index (Phi) is 3.81. The van der Waals surface area contributed by atoms with E-state index in [0.717, 1.165) is 6.54 Å². The molecule has 1 aliphatic rings. The van der Waals surface area contributed by atoms with E-state index in [-0.39, 0.29) is 6.04 Å². The smallest absolute Gasteiger partial charge is 0.334 e. The van der Waals surface area contributed by atoms with Crippen molar-refractivity contribution in [1.82, 2.24) is 4.90 Å². The molecule has 0 amide bonds. The van der Waals surface area contributed by atoms with E-state index in [1.807, 2.05) is 0 Å². The molecule has 2 rings (SSSR count). The fourth-order valence-electron chi connectivity index (χ4n) is 2.03. The van der Waals surface area contributed by atoms with E-state index in [2.05, 4.69) is 30.9 Å². The Bertz CT molecular complexity index is 404. The molecule has 1 saturated heterocycles. The zero-order valence-electron chi connectivity index (χ0n) is 10.0. The topological polar surface area (TPSA) is 49.8 Å². The van der Waals surface area contributed by atoms with Crippen LogP contribution in [0.15, 0.2) is 12.1 Å². The third kappa shape index (κ3) is 2.86. The minimum atomic E-state index is -0.871. The van der Waals surface area contributed by atoms with Crippen molar-refractivity contribution >= 4 is 17.3 Å². The van der Waals surface area contributed by atoms with Gasteiger partial charge in [-0.05, 0) is 26.0 Å². The molecule has 1 aliphatic heterocycles. The van der Waals surface area contributed by atoms with E-state index in [4.69, 9.17) is 9.84 Å². The second kappa shape index (κ2) is 5.16. The second-order valence-corrected chi connectivity index (χ2v) is 5.64. The molecule has 0 radical (unpaired) electrons. The minimum Gasteiger partial charge on any atom is -0.479 e. The van der Waals surface area contributed by atoms with E-state index in [9.17, 15) is 4.79 Å². The molecule has 1 N–H and O–H groups in total. The van der Waals surface area contributed by atoms with Gasteiger partial charge in [0.25, 0.3) is 0 Å². The fourth-order valence-corrected chi connectivity index (χ4v) is 2.99. The van der Waals surface area contributed by atoms with Crippen molar-refractivity contribution in [2.75, 3.05) is 19.7 Å². The maximum absolute atomic E-state index is 10.9. The van der Waals surface area contributed by atoms with Crippen LogP contribution in [0.2, 0.25) is 0 Å². The lowest BCUT2D eigenvalue weighted by Crippen LogP contribution is -2.46. The van der Waals surface area contributed by atoms with Crippen molar-refractivity contribution in [2.45, 2.75) is 26.0 Å². The van der Waals surface area contributed by atoms with Gasteiger partial charge < -0.3 is 9.84 Å². The highest BCUT2D eigenvalue weighted by Crippen LogP contribution is 2.28. The summed E-state index contributed by atoms with van der Waals surface area (Å²) in [4.78, 5) is 15.7. The van der Waals surface area contributed by atoms with E-state index in [1.165, 1.54) is 9.75 Å². The lowest BCUT2D eigenvalue weighted by molar-refractivity contribution is -0.157. The van der Waals surface area contributed by atoms with Crippen molar-refractivity contribution in [3.8, 4) is 0 Å². The number of hydrogen-bond acceptors (Lipinski definition) is 4. The highest BCUT2D eigenvalue weighted by atomic mass is 32.1. The van der Waals surface area contributed by atoms with Crippen molar-refractivity contribution in [1.29, 1.82) is 0 Å². The van der Waals surface area contributed by atoms with Crippen LogP contribution in [0.1, 0.15) is 22.7 Å². The van der Waals surface area contributed by atoms with Gasteiger partial charge in [0.05, 0.1) is 6.61 Å². The summed E-state index contributed by atoms with van der Waals surface area (Å²) < 4.78 is 5.22. The molecule has 1 fully saturated rings. The molecule has 5 heteroatoms. The predicted molar refractivity (Wildman–Crippen MR) is 66.4 cm³/mol. The first-order valence-electron chi connectivity index (χ1n) is 5.72. The number of rotatable bonds is 3. The first-order valence-corrected chi connectivity index (χ1v) is 6.54. The van der Waals surface area contributed by atoms with E-state index in [1.54, 1.807) is 11.3 Å². The van der Waals surface area contributed by atoms with E-state index < -0.39 is 12.1 Å². The van der Waals surface area contributed by atoms with Crippen LogP contribution in [-0.2, 0) is 9.53 Å². The first-order chi connectivity index (χ1) is 8.08. The van der Waals surface area contributed by atoms with Gasteiger partial charge in [0.15, 0.2) is 6.10 Å². The van der Waals surface area contributed by atoms with Gasteiger partial charge in [-0.2, -0.15) is 0 Å². The maximum Gasteiger partial charge on any atom is 0.334 e. The average molecular weight is 255 g/mol. The Morgan fingerprint density at radius 2 is 2.41 bits per heavy atom. The Morgan fingerprint density at radius 1 is 1.65 bits per heavy atom. The number of aryl methyl sites for hydroxylation is 1. The van der Waals surface area contributed by atoms with Crippen LogP contribution in [0, 0.1) is 6.92 Å². The van der Waals surface area contributed by atoms with Gasteiger partial charge >= 0.3 is 5.97 Å². The third-order valence-electron chi connectivity index (χ3n) is 3.09. The van der Waals surface area contributed by atoms with Crippen LogP contribution in [0.4, 0.5) is 0 Å². The summed E-state index contributed by atoms with van der Waals surface area (Å²) in [5.41, 5.74) is 0. The molecule has 2 heterocycles. The number of carboxylic acid groups (broad SMARTS) is 1. The quantitative estimate of drug-likeness (QED) is 0.896. The normalized spacial score (nSPS) is 23.5. The van der Waals surface area contributed by atoms with Crippen LogP contribution in [0.25, 0.3) is 0 Å². The van der Waals surface area contributed by atoms with Crippen LogP contribution >= 0.6 is 11.3 Å². The first kappa shape index (κ1) is 12.5. The highest BCUT2D eigenvalue weighted by molar-refractivity contribution is 7.12. The average Bonchev–Trinajstić information content (AvgIpc) is 2.75. The van der Waals surface area contributed by atoms with Crippen molar-refractivity contribution in [3.05, 3.63) is 21.9 Å². The van der Waals surface area contributed by atoms with Crippen LogP contribution in [-0.4, -0.2) is 41.8 Å². The highest BCUT2D eigenvalue weighted by Gasteiger charge is 2.29. The van der Waals surface area contributed by atoms with Crippen LogP contribution in [0.3, 0.4) is 0 Å². The number of aliphatic carboxylic acids is 1. The number of nitrogens with zero attached hydrogens (tertiary/aromatic N) is 1. The molecule has 17 heavy (non-hydrogen) atoms. The van der Waals surface area contributed by atoms with Gasteiger partial charge in [-0.3, -0.25) is 4.90 Å². The summed E-state index contributed by atoms with van der Waals surface area (Å²) in [6.45, 7) is 5.96. The zero-order chi connectivity index (χ0) is 12.4. The van der Waals surface area contributed by atoms with Crippen molar-refractivity contribution in [3.63, 3.8) is 0 Å². The number of morpholine rings is 1. The molecule has 0 saturated carbocycles. The van der Waals surface area contributed by atoms with E-state index in [0.29, 0.717) is 13.2 Å². The largest absolute Gasteiger partial charge is 0.479 e. The molecular weight excluding hydrogens is 238 g/mol.